The van der Waals surface area contributed by atoms with Gasteiger partial charge in [-0.05, 0) is 36.5 Å². The summed E-state index contributed by atoms with van der Waals surface area (Å²) in [7, 11) is 0. The molecule has 1 unspecified atom stereocenters. The van der Waals surface area contributed by atoms with Crippen LogP contribution in [0.15, 0.2) is 18.2 Å². The largest absolute Gasteiger partial charge is 0.327 e. The lowest BCUT2D eigenvalue weighted by Gasteiger charge is -2.13. The zero-order valence-corrected chi connectivity index (χ0v) is 13.9. The topological polar surface area (TPSA) is 43.8 Å². The van der Waals surface area contributed by atoms with Gasteiger partial charge in [0.25, 0.3) is 0 Å². The minimum atomic E-state index is 0.0292. The van der Waals surface area contributed by atoms with Gasteiger partial charge in [-0.2, -0.15) is 0 Å². The quantitative estimate of drug-likeness (QED) is 0.746. The van der Waals surface area contributed by atoms with Crippen molar-refractivity contribution in [1.82, 2.24) is 9.55 Å². The number of nitrogens with two attached hydrogens (primary N) is 1. The normalized spacial score (nSPS) is 13.2. The van der Waals surface area contributed by atoms with Crippen LogP contribution in [0.2, 0.25) is 0 Å². The van der Waals surface area contributed by atoms with E-state index in [9.17, 15) is 0 Å². The highest BCUT2D eigenvalue weighted by molar-refractivity contribution is 5.77. The van der Waals surface area contributed by atoms with E-state index in [4.69, 9.17) is 10.7 Å². The van der Waals surface area contributed by atoms with Gasteiger partial charge in [-0.1, -0.05) is 46.6 Å². The molecule has 1 atom stereocenters. The van der Waals surface area contributed by atoms with Gasteiger partial charge in [0.1, 0.15) is 5.82 Å². The Balaban J connectivity index is 2.45. The summed E-state index contributed by atoms with van der Waals surface area (Å²) in [6, 6.07) is 6.70. The summed E-state index contributed by atoms with van der Waals surface area (Å²) in [5.74, 6) is 1.58. The van der Waals surface area contributed by atoms with Gasteiger partial charge in [0, 0.05) is 6.54 Å². The third-order valence-electron chi connectivity index (χ3n) is 4.23. The SMILES string of the molecule is CCCCCn1c(C(N)CC)nc2cc(C(C)C)ccc21. The number of imidazole rings is 1. The number of unbranched alkanes of at least 4 members (excludes halogenated alkanes) is 2. The zero-order chi connectivity index (χ0) is 15.4. The first kappa shape index (κ1) is 16.0. The number of benzene rings is 1. The van der Waals surface area contributed by atoms with E-state index in [0.29, 0.717) is 5.92 Å². The number of hydrogen-bond donors (Lipinski definition) is 1. The summed E-state index contributed by atoms with van der Waals surface area (Å²) >= 11 is 0. The van der Waals surface area contributed by atoms with Crippen LogP contribution in [0, 0.1) is 0 Å². The minimum Gasteiger partial charge on any atom is -0.327 e. The van der Waals surface area contributed by atoms with Crippen LogP contribution in [0.1, 0.15) is 76.7 Å². The second-order valence-electron chi connectivity index (χ2n) is 6.25. The molecule has 0 radical (unpaired) electrons. The van der Waals surface area contributed by atoms with Gasteiger partial charge in [0.15, 0.2) is 0 Å². The maximum atomic E-state index is 6.28. The molecule has 1 aromatic carbocycles. The average molecular weight is 287 g/mol. The number of hydrogen-bond acceptors (Lipinski definition) is 2. The van der Waals surface area contributed by atoms with E-state index in [1.165, 1.54) is 30.3 Å². The van der Waals surface area contributed by atoms with Crippen molar-refractivity contribution in [3.8, 4) is 0 Å². The molecule has 21 heavy (non-hydrogen) atoms. The van der Waals surface area contributed by atoms with Crippen molar-refractivity contribution in [1.29, 1.82) is 0 Å². The van der Waals surface area contributed by atoms with E-state index in [1.807, 2.05) is 0 Å². The van der Waals surface area contributed by atoms with E-state index < -0.39 is 0 Å². The smallest absolute Gasteiger partial charge is 0.126 e. The highest BCUT2D eigenvalue weighted by Crippen LogP contribution is 2.25. The standard InChI is InChI=1S/C18H29N3/c1-5-7-8-11-21-17-10-9-14(13(3)4)12-16(17)20-18(21)15(19)6-2/h9-10,12-13,15H,5-8,11,19H2,1-4H3. The van der Waals surface area contributed by atoms with Crippen LogP contribution in [-0.4, -0.2) is 9.55 Å². The Kier molecular flexibility index (Phi) is 5.40. The average Bonchev–Trinajstić information content (AvgIpc) is 2.84. The van der Waals surface area contributed by atoms with Gasteiger partial charge in [0.05, 0.1) is 17.1 Å². The van der Waals surface area contributed by atoms with E-state index in [2.05, 4.69) is 50.5 Å². The zero-order valence-electron chi connectivity index (χ0n) is 13.9. The molecular weight excluding hydrogens is 258 g/mol. The lowest BCUT2D eigenvalue weighted by molar-refractivity contribution is 0.549. The molecule has 2 rings (SSSR count). The molecule has 0 amide bonds. The summed E-state index contributed by atoms with van der Waals surface area (Å²) < 4.78 is 2.34. The fraction of sp³-hybridized carbons (Fsp3) is 0.611. The monoisotopic (exact) mass is 287 g/mol. The first-order valence-electron chi connectivity index (χ1n) is 8.34. The molecule has 0 fully saturated rings. The summed E-state index contributed by atoms with van der Waals surface area (Å²) in [5.41, 5.74) is 9.95. The highest BCUT2D eigenvalue weighted by Gasteiger charge is 2.16. The van der Waals surface area contributed by atoms with E-state index >= 15 is 0 Å². The minimum absolute atomic E-state index is 0.0292. The lowest BCUT2D eigenvalue weighted by atomic mass is 10.0. The molecular formula is C18H29N3. The molecule has 0 aliphatic heterocycles. The van der Waals surface area contributed by atoms with E-state index in [1.54, 1.807) is 0 Å². The van der Waals surface area contributed by atoms with Crippen molar-refractivity contribution in [2.45, 2.75) is 71.9 Å². The predicted molar refractivity (Wildman–Crippen MR) is 90.6 cm³/mol. The van der Waals surface area contributed by atoms with Crippen molar-refractivity contribution in [3.05, 3.63) is 29.6 Å². The Labute approximate surface area is 128 Å². The Bertz CT molecular complexity index is 583. The van der Waals surface area contributed by atoms with Gasteiger partial charge < -0.3 is 10.3 Å². The molecule has 0 aliphatic carbocycles. The van der Waals surface area contributed by atoms with Crippen LogP contribution >= 0.6 is 0 Å². The molecule has 1 heterocycles. The fourth-order valence-corrected chi connectivity index (χ4v) is 2.75. The first-order valence-corrected chi connectivity index (χ1v) is 8.34. The lowest BCUT2D eigenvalue weighted by Crippen LogP contribution is -2.16. The number of rotatable bonds is 7. The van der Waals surface area contributed by atoms with E-state index in [-0.39, 0.29) is 6.04 Å². The van der Waals surface area contributed by atoms with Crippen LogP contribution in [0.5, 0.6) is 0 Å². The Morgan fingerprint density at radius 3 is 2.57 bits per heavy atom. The molecule has 1 aromatic heterocycles. The van der Waals surface area contributed by atoms with Crippen molar-refractivity contribution in [2.24, 2.45) is 5.73 Å². The molecule has 0 bridgehead atoms. The summed E-state index contributed by atoms with van der Waals surface area (Å²) in [6.07, 6.45) is 4.61. The van der Waals surface area contributed by atoms with Crippen molar-refractivity contribution >= 4 is 11.0 Å². The number of fused-ring (bicyclic) bond motifs is 1. The Hall–Kier alpha value is -1.35. The van der Waals surface area contributed by atoms with Crippen LogP contribution in [0.25, 0.3) is 11.0 Å². The van der Waals surface area contributed by atoms with Gasteiger partial charge in [0.2, 0.25) is 0 Å². The van der Waals surface area contributed by atoms with Gasteiger partial charge >= 0.3 is 0 Å². The molecule has 2 N–H and O–H groups in total. The number of aryl methyl sites for hydroxylation is 1. The van der Waals surface area contributed by atoms with Crippen LogP contribution in [-0.2, 0) is 6.54 Å². The Morgan fingerprint density at radius 1 is 1.19 bits per heavy atom. The summed E-state index contributed by atoms with van der Waals surface area (Å²) in [4.78, 5) is 4.84. The van der Waals surface area contributed by atoms with Gasteiger partial charge in [-0.25, -0.2) is 4.98 Å². The van der Waals surface area contributed by atoms with Crippen LogP contribution in [0.4, 0.5) is 0 Å². The van der Waals surface area contributed by atoms with Crippen LogP contribution < -0.4 is 5.73 Å². The van der Waals surface area contributed by atoms with Crippen molar-refractivity contribution in [3.63, 3.8) is 0 Å². The summed E-state index contributed by atoms with van der Waals surface area (Å²) in [6.45, 7) is 9.82. The molecule has 0 aliphatic rings. The second kappa shape index (κ2) is 7.08. The first-order chi connectivity index (χ1) is 10.1. The maximum Gasteiger partial charge on any atom is 0.126 e. The molecule has 3 heteroatoms. The molecule has 0 saturated heterocycles. The molecule has 0 saturated carbocycles. The van der Waals surface area contributed by atoms with Crippen molar-refractivity contribution in [2.75, 3.05) is 0 Å². The Morgan fingerprint density at radius 2 is 1.95 bits per heavy atom. The van der Waals surface area contributed by atoms with Crippen LogP contribution in [0.3, 0.4) is 0 Å². The molecule has 2 aromatic rings. The van der Waals surface area contributed by atoms with E-state index in [0.717, 1.165) is 24.3 Å². The third kappa shape index (κ3) is 3.46. The summed E-state index contributed by atoms with van der Waals surface area (Å²) in [5, 5.41) is 0. The molecule has 3 nitrogen and oxygen atoms in total. The second-order valence-corrected chi connectivity index (χ2v) is 6.25. The van der Waals surface area contributed by atoms with Gasteiger partial charge in [-0.3, -0.25) is 0 Å². The third-order valence-corrected chi connectivity index (χ3v) is 4.23. The maximum absolute atomic E-state index is 6.28. The number of aromatic nitrogens is 2. The predicted octanol–water partition coefficient (Wildman–Crippen LogP) is 4.76. The van der Waals surface area contributed by atoms with Crippen molar-refractivity contribution < 1.29 is 0 Å². The fourth-order valence-electron chi connectivity index (χ4n) is 2.75. The van der Waals surface area contributed by atoms with Gasteiger partial charge in [-0.15, -0.1) is 0 Å². The molecule has 0 spiro atoms. The highest BCUT2D eigenvalue weighted by atomic mass is 15.1. The molecule has 116 valence electrons. The number of nitrogens with zero attached hydrogens (tertiary/aromatic N) is 2.